The third-order valence-electron chi connectivity index (χ3n) is 4.66. The van der Waals surface area contributed by atoms with E-state index in [1.54, 1.807) is 13.8 Å². The highest BCUT2D eigenvalue weighted by Crippen LogP contribution is 2.23. The van der Waals surface area contributed by atoms with Crippen LogP contribution in [0.4, 0.5) is 0 Å². The van der Waals surface area contributed by atoms with E-state index in [1.807, 2.05) is 6.92 Å². The summed E-state index contributed by atoms with van der Waals surface area (Å²) in [5.41, 5.74) is -1.16. The molecule has 0 aromatic heterocycles. The maximum Gasteiger partial charge on any atom is 0.338 e. The van der Waals surface area contributed by atoms with E-state index in [1.165, 1.54) is 30.3 Å². The zero-order valence-corrected chi connectivity index (χ0v) is 16.4. The van der Waals surface area contributed by atoms with Crippen LogP contribution in [0.15, 0.2) is 30.3 Å². The predicted molar refractivity (Wildman–Crippen MR) is 103 cm³/mol. The second-order valence-corrected chi connectivity index (χ2v) is 7.08. The summed E-state index contributed by atoms with van der Waals surface area (Å²) in [6.07, 6.45) is 0.616. The average molecular weight is 402 g/mol. The Kier molecular flexibility index (Phi) is 6.58. The van der Waals surface area contributed by atoms with E-state index in [9.17, 15) is 24.3 Å². The molecular formula is C21H22O8. The Morgan fingerprint density at radius 2 is 1.41 bits per heavy atom. The number of esters is 2. The molecule has 0 amide bonds. The van der Waals surface area contributed by atoms with Crippen molar-refractivity contribution in [1.82, 2.24) is 0 Å². The predicted octanol–water partition coefficient (Wildman–Crippen LogP) is 3.37. The van der Waals surface area contributed by atoms with Crippen LogP contribution < -0.4 is 0 Å². The van der Waals surface area contributed by atoms with Gasteiger partial charge in [0.2, 0.25) is 0 Å². The van der Waals surface area contributed by atoms with Gasteiger partial charge in [0.15, 0.2) is 0 Å². The number of carbonyl (C=O) groups excluding carboxylic acids is 2. The zero-order valence-electron chi connectivity index (χ0n) is 16.4. The number of benzene rings is 2. The van der Waals surface area contributed by atoms with Crippen molar-refractivity contribution in [2.75, 3.05) is 13.2 Å². The Balaban J connectivity index is 2.10. The summed E-state index contributed by atoms with van der Waals surface area (Å²) < 4.78 is 10.2. The maximum absolute atomic E-state index is 12.2. The number of fused-ring (bicyclic) bond motifs is 1. The van der Waals surface area contributed by atoms with Crippen LogP contribution in [-0.4, -0.2) is 47.3 Å². The van der Waals surface area contributed by atoms with Crippen molar-refractivity contribution in [3.05, 3.63) is 47.0 Å². The van der Waals surface area contributed by atoms with Crippen LogP contribution in [0.2, 0.25) is 0 Å². The van der Waals surface area contributed by atoms with Gasteiger partial charge in [0.1, 0.15) is 13.2 Å². The summed E-state index contributed by atoms with van der Waals surface area (Å²) in [7, 11) is 0. The summed E-state index contributed by atoms with van der Waals surface area (Å²) in [5.74, 6) is -3.78. The first-order valence-corrected chi connectivity index (χ1v) is 8.95. The van der Waals surface area contributed by atoms with Crippen molar-refractivity contribution in [3.63, 3.8) is 0 Å². The van der Waals surface area contributed by atoms with Gasteiger partial charge in [-0.25, -0.2) is 14.4 Å². The average Bonchev–Trinajstić information content (AvgIpc) is 2.68. The molecule has 0 bridgehead atoms. The fraction of sp³-hybridized carbons (Fsp3) is 0.333. The number of carbonyl (C=O) groups is 4. The smallest absolute Gasteiger partial charge is 0.338 e. The molecule has 2 aromatic rings. The minimum Gasteiger partial charge on any atom is -0.478 e. The van der Waals surface area contributed by atoms with E-state index < -0.39 is 23.3 Å². The summed E-state index contributed by atoms with van der Waals surface area (Å²) >= 11 is 0. The minimum atomic E-state index is -1.38. The highest BCUT2D eigenvalue weighted by molar-refractivity contribution is 6.07. The number of hydrogen-bond donors (Lipinski definition) is 2. The summed E-state index contributed by atoms with van der Waals surface area (Å²) in [5, 5.41) is 19.2. The molecule has 8 heteroatoms. The number of aromatic carboxylic acids is 2. The molecule has 0 radical (unpaired) electrons. The lowest BCUT2D eigenvalue weighted by atomic mass is 9.91. The first kappa shape index (κ1) is 21.9. The third-order valence-corrected chi connectivity index (χ3v) is 4.66. The molecule has 8 nitrogen and oxygen atoms in total. The third kappa shape index (κ3) is 5.10. The van der Waals surface area contributed by atoms with Crippen molar-refractivity contribution in [2.24, 2.45) is 5.41 Å². The fourth-order valence-corrected chi connectivity index (χ4v) is 2.47. The Hall–Kier alpha value is -3.42. The van der Waals surface area contributed by atoms with Gasteiger partial charge in [-0.1, -0.05) is 13.0 Å². The van der Waals surface area contributed by atoms with Gasteiger partial charge in [-0.05, 0) is 55.3 Å². The molecule has 2 N–H and O–H groups in total. The topological polar surface area (TPSA) is 127 Å². The summed E-state index contributed by atoms with van der Waals surface area (Å²) in [6, 6.07) is 6.82. The van der Waals surface area contributed by atoms with Gasteiger partial charge in [-0.2, -0.15) is 0 Å². The molecule has 0 fully saturated rings. The number of ether oxygens (including phenoxy) is 2. The van der Waals surface area contributed by atoms with Gasteiger partial charge in [0.25, 0.3) is 0 Å². The van der Waals surface area contributed by atoms with Gasteiger partial charge in [0, 0.05) is 0 Å². The molecule has 0 saturated heterocycles. The van der Waals surface area contributed by atoms with Crippen LogP contribution in [0.1, 0.15) is 58.3 Å². The van der Waals surface area contributed by atoms with Crippen molar-refractivity contribution < 1.29 is 38.9 Å². The summed E-state index contributed by atoms with van der Waals surface area (Å²) in [6.45, 7) is 5.19. The van der Waals surface area contributed by atoms with E-state index in [-0.39, 0.29) is 35.9 Å². The molecule has 0 atom stereocenters. The molecule has 0 aliphatic rings. The SMILES string of the molecule is CCC(C)(C)C(=O)OCCOC(=O)c1ccc2cc(C(=O)O)c(C(=O)O)cc2c1. The number of hydrogen-bond acceptors (Lipinski definition) is 6. The number of carboxylic acids is 2. The molecule has 0 heterocycles. The second kappa shape index (κ2) is 8.72. The Labute approximate surface area is 167 Å². The largest absolute Gasteiger partial charge is 0.478 e. The van der Waals surface area contributed by atoms with Gasteiger partial charge in [0.05, 0.1) is 22.1 Å². The zero-order chi connectivity index (χ0) is 21.8. The van der Waals surface area contributed by atoms with E-state index in [0.717, 1.165) is 0 Å². The maximum atomic E-state index is 12.2. The monoisotopic (exact) mass is 402 g/mol. The van der Waals surface area contributed by atoms with Crippen LogP contribution in [0, 0.1) is 5.41 Å². The van der Waals surface area contributed by atoms with Gasteiger partial charge < -0.3 is 19.7 Å². The molecule has 2 aromatic carbocycles. The number of rotatable bonds is 8. The normalized spacial score (nSPS) is 11.1. The van der Waals surface area contributed by atoms with E-state index >= 15 is 0 Å². The van der Waals surface area contributed by atoms with Crippen LogP contribution in [0.5, 0.6) is 0 Å². The lowest BCUT2D eigenvalue weighted by Crippen LogP contribution is -2.27. The summed E-state index contributed by atoms with van der Waals surface area (Å²) in [4.78, 5) is 46.6. The minimum absolute atomic E-state index is 0.0767. The van der Waals surface area contributed by atoms with Crippen LogP contribution >= 0.6 is 0 Å². The van der Waals surface area contributed by atoms with Gasteiger partial charge in [-0.3, -0.25) is 4.79 Å². The van der Waals surface area contributed by atoms with Crippen LogP contribution in [-0.2, 0) is 14.3 Å². The van der Waals surface area contributed by atoms with Crippen molar-refractivity contribution in [1.29, 1.82) is 0 Å². The first-order chi connectivity index (χ1) is 13.6. The number of carboxylic acid groups (broad SMARTS) is 2. The van der Waals surface area contributed by atoms with E-state index in [2.05, 4.69) is 0 Å². The van der Waals surface area contributed by atoms with Gasteiger partial charge >= 0.3 is 23.9 Å². The van der Waals surface area contributed by atoms with Crippen molar-refractivity contribution in [2.45, 2.75) is 27.2 Å². The highest BCUT2D eigenvalue weighted by atomic mass is 16.6. The van der Waals surface area contributed by atoms with Crippen LogP contribution in [0.25, 0.3) is 10.8 Å². The fourth-order valence-electron chi connectivity index (χ4n) is 2.47. The van der Waals surface area contributed by atoms with E-state index in [4.69, 9.17) is 14.6 Å². The first-order valence-electron chi connectivity index (χ1n) is 8.95. The Morgan fingerprint density at radius 3 is 1.97 bits per heavy atom. The molecule has 0 spiro atoms. The Bertz CT molecular complexity index is 974. The highest BCUT2D eigenvalue weighted by Gasteiger charge is 2.27. The molecular weight excluding hydrogens is 380 g/mol. The van der Waals surface area contributed by atoms with E-state index in [0.29, 0.717) is 17.2 Å². The molecule has 0 aliphatic carbocycles. The molecule has 29 heavy (non-hydrogen) atoms. The standard InChI is InChI=1S/C21H22O8/c1-4-21(2,3)20(27)29-8-7-28-19(26)13-6-5-12-10-15(17(22)23)16(18(24)25)11-14(12)9-13/h5-6,9-11H,4,7-8H2,1-3H3,(H,22,23)(H,24,25). The molecule has 0 unspecified atom stereocenters. The molecule has 0 aliphatic heterocycles. The van der Waals surface area contributed by atoms with Crippen LogP contribution in [0.3, 0.4) is 0 Å². The quantitative estimate of drug-likeness (QED) is 0.508. The molecule has 154 valence electrons. The van der Waals surface area contributed by atoms with Crippen molar-refractivity contribution in [3.8, 4) is 0 Å². The lowest BCUT2D eigenvalue weighted by Gasteiger charge is -2.20. The second-order valence-electron chi connectivity index (χ2n) is 7.08. The molecule has 0 saturated carbocycles. The van der Waals surface area contributed by atoms with Gasteiger partial charge in [-0.15, -0.1) is 0 Å². The van der Waals surface area contributed by atoms with Crippen molar-refractivity contribution >= 4 is 34.6 Å². The molecule has 2 rings (SSSR count). The lowest BCUT2D eigenvalue weighted by molar-refractivity contribution is -0.155. The Morgan fingerprint density at radius 1 is 0.862 bits per heavy atom.